The summed E-state index contributed by atoms with van der Waals surface area (Å²) in [6, 6.07) is 5.41. The van der Waals surface area contributed by atoms with Crippen molar-refractivity contribution in [2.75, 3.05) is 13.2 Å². The first kappa shape index (κ1) is 14.6. The van der Waals surface area contributed by atoms with Gasteiger partial charge in [-0.2, -0.15) is 0 Å². The van der Waals surface area contributed by atoms with Gasteiger partial charge >= 0.3 is 0 Å². The molecule has 1 unspecified atom stereocenters. The molecule has 0 amide bonds. The molecule has 0 saturated carbocycles. The Bertz CT molecular complexity index is 665. The predicted molar refractivity (Wildman–Crippen MR) is 83.0 cm³/mol. The fourth-order valence-electron chi connectivity index (χ4n) is 2.23. The first-order valence-electron chi connectivity index (χ1n) is 6.50. The fraction of sp³-hybridized carbons (Fsp3) is 0.267. The number of aliphatic hydroxyl groups excluding tert-OH is 1. The highest BCUT2D eigenvalue weighted by Crippen LogP contribution is 2.40. The molecule has 2 heterocycles. The van der Waals surface area contributed by atoms with E-state index in [0.29, 0.717) is 41.7 Å². The van der Waals surface area contributed by atoms with Gasteiger partial charge in [-0.25, -0.2) is 0 Å². The summed E-state index contributed by atoms with van der Waals surface area (Å²) in [5.74, 6) is 1.12. The van der Waals surface area contributed by atoms with Gasteiger partial charge in [-0.3, -0.25) is 4.98 Å². The SMILES string of the molecule is OC(Cc1cncc(Br)c1)c1cc(Cl)c2c(c1)OCCO2. The van der Waals surface area contributed by atoms with Crippen LogP contribution in [0.2, 0.25) is 5.02 Å². The van der Waals surface area contributed by atoms with Crippen molar-refractivity contribution < 1.29 is 14.6 Å². The summed E-state index contributed by atoms with van der Waals surface area (Å²) in [6.07, 6.45) is 3.20. The van der Waals surface area contributed by atoms with E-state index in [4.69, 9.17) is 21.1 Å². The van der Waals surface area contributed by atoms with Crippen LogP contribution in [0.15, 0.2) is 35.1 Å². The predicted octanol–water partition coefficient (Wildman–Crippen LogP) is 3.54. The van der Waals surface area contributed by atoms with Crippen molar-refractivity contribution >= 4 is 27.5 Å². The molecule has 0 fully saturated rings. The summed E-state index contributed by atoms with van der Waals surface area (Å²) >= 11 is 9.55. The number of ether oxygens (including phenoxy) is 2. The van der Waals surface area contributed by atoms with E-state index < -0.39 is 6.10 Å². The van der Waals surface area contributed by atoms with E-state index in [1.54, 1.807) is 24.5 Å². The molecule has 1 aliphatic rings. The first-order chi connectivity index (χ1) is 10.1. The Balaban J connectivity index is 1.84. The van der Waals surface area contributed by atoms with E-state index in [9.17, 15) is 5.11 Å². The van der Waals surface area contributed by atoms with E-state index in [0.717, 1.165) is 10.0 Å². The zero-order valence-corrected chi connectivity index (χ0v) is 13.4. The summed E-state index contributed by atoms with van der Waals surface area (Å²) < 4.78 is 11.9. The van der Waals surface area contributed by atoms with Crippen molar-refractivity contribution in [1.29, 1.82) is 0 Å². The van der Waals surface area contributed by atoms with Gasteiger partial charge < -0.3 is 14.6 Å². The van der Waals surface area contributed by atoms with Crippen LogP contribution in [0.5, 0.6) is 11.5 Å². The maximum Gasteiger partial charge on any atom is 0.179 e. The number of hydrogen-bond donors (Lipinski definition) is 1. The highest BCUT2D eigenvalue weighted by Gasteiger charge is 2.19. The number of rotatable bonds is 3. The molecular weight excluding hydrogens is 358 g/mol. The van der Waals surface area contributed by atoms with Crippen LogP contribution in [0, 0.1) is 0 Å². The average Bonchev–Trinajstić information content (AvgIpc) is 2.47. The van der Waals surface area contributed by atoms with Crippen LogP contribution in [-0.4, -0.2) is 23.3 Å². The molecule has 0 spiro atoms. The number of benzene rings is 1. The summed E-state index contributed by atoms with van der Waals surface area (Å²) in [6.45, 7) is 0.969. The normalized spacial score (nSPS) is 14.8. The van der Waals surface area contributed by atoms with Crippen LogP contribution in [0.3, 0.4) is 0 Å². The Morgan fingerprint density at radius 2 is 2.05 bits per heavy atom. The Labute approximate surface area is 135 Å². The quantitative estimate of drug-likeness (QED) is 0.898. The van der Waals surface area contributed by atoms with Crippen molar-refractivity contribution in [1.82, 2.24) is 4.98 Å². The minimum Gasteiger partial charge on any atom is -0.486 e. The number of halogens is 2. The largest absolute Gasteiger partial charge is 0.486 e. The molecule has 0 bridgehead atoms. The van der Waals surface area contributed by atoms with E-state index in [-0.39, 0.29) is 0 Å². The Hall–Kier alpha value is -1.30. The van der Waals surface area contributed by atoms with Gasteiger partial charge in [0.05, 0.1) is 11.1 Å². The monoisotopic (exact) mass is 369 g/mol. The maximum atomic E-state index is 10.4. The Morgan fingerprint density at radius 1 is 1.24 bits per heavy atom. The van der Waals surface area contributed by atoms with Gasteiger partial charge in [0.25, 0.3) is 0 Å². The molecule has 0 radical (unpaired) electrons. The Kier molecular flexibility index (Phi) is 4.33. The molecule has 0 aliphatic carbocycles. The molecule has 1 N–H and O–H groups in total. The highest BCUT2D eigenvalue weighted by molar-refractivity contribution is 9.10. The van der Waals surface area contributed by atoms with Gasteiger partial charge in [0.1, 0.15) is 13.2 Å². The molecule has 0 saturated heterocycles. The third-order valence-corrected chi connectivity index (χ3v) is 3.91. The van der Waals surface area contributed by atoms with Crippen LogP contribution in [-0.2, 0) is 6.42 Å². The first-order valence-corrected chi connectivity index (χ1v) is 7.67. The lowest BCUT2D eigenvalue weighted by atomic mass is 10.0. The lowest BCUT2D eigenvalue weighted by Crippen LogP contribution is -2.16. The number of fused-ring (bicyclic) bond motifs is 1. The second kappa shape index (κ2) is 6.22. The molecule has 2 aromatic rings. The van der Waals surface area contributed by atoms with Crippen LogP contribution >= 0.6 is 27.5 Å². The van der Waals surface area contributed by atoms with Gasteiger partial charge in [0.2, 0.25) is 0 Å². The fourth-order valence-corrected chi connectivity index (χ4v) is 2.92. The van der Waals surface area contributed by atoms with Gasteiger partial charge in [-0.1, -0.05) is 11.6 Å². The molecule has 1 aromatic heterocycles. The second-order valence-electron chi connectivity index (χ2n) is 4.76. The minimum absolute atomic E-state index is 0.447. The lowest BCUT2D eigenvalue weighted by Gasteiger charge is -2.21. The second-order valence-corrected chi connectivity index (χ2v) is 6.08. The van der Waals surface area contributed by atoms with Crippen LogP contribution < -0.4 is 9.47 Å². The summed E-state index contributed by atoms with van der Waals surface area (Å²) in [4.78, 5) is 4.09. The zero-order valence-electron chi connectivity index (χ0n) is 11.1. The minimum atomic E-state index is -0.686. The number of aliphatic hydroxyl groups is 1. The van der Waals surface area contributed by atoms with E-state index >= 15 is 0 Å². The summed E-state index contributed by atoms with van der Waals surface area (Å²) in [5, 5.41) is 10.8. The lowest BCUT2D eigenvalue weighted by molar-refractivity contribution is 0.164. The van der Waals surface area contributed by atoms with Crippen LogP contribution in [0.25, 0.3) is 0 Å². The van der Waals surface area contributed by atoms with Crippen molar-refractivity contribution in [2.24, 2.45) is 0 Å². The summed E-state index contributed by atoms with van der Waals surface area (Å²) in [7, 11) is 0. The zero-order chi connectivity index (χ0) is 14.8. The third-order valence-electron chi connectivity index (χ3n) is 3.19. The van der Waals surface area contributed by atoms with Crippen molar-refractivity contribution in [3.05, 3.63) is 51.2 Å². The molecule has 110 valence electrons. The number of nitrogens with zero attached hydrogens (tertiary/aromatic N) is 1. The van der Waals surface area contributed by atoms with Crippen molar-refractivity contribution in [3.8, 4) is 11.5 Å². The molecule has 21 heavy (non-hydrogen) atoms. The number of aromatic nitrogens is 1. The maximum absolute atomic E-state index is 10.4. The van der Waals surface area contributed by atoms with Crippen molar-refractivity contribution in [2.45, 2.75) is 12.5 Å². The van der Waals surface area contributed by atoms with Gasteiger partial charge in [0, 0.05) is 23.3 Å². The van der Waals surface area contributed by atoms with Gasteiger partial charge in [-0.15, -0.1) is 0 Å². The van der Waals surface area contributed by atoms with Crippen LogP contribution in [0.1, 0.15) is 17.2 Å². The number of hydrogen-bond acceptors (Lipinski definition) is 4. The van der Waals surface area contributed by atoms with Gasteiger partial charge in [-0.05, 0) is 45.3 Å². The average molecular weight is 371 g/mol. The topological polar surface area (TPSA) is 51.6 Å². The van der Waals surface area contributed by atoms with E-state index in [2.05, 4.69) is 20.9 Å². The molecule has 3 rings (SSSR count). The third kappa shape index (κ3) is 3.31. The molecule has 4 nitrogen and oxygen atoms in total. The smallest absolute Gasteiger partial charge is 0.179 e. The molecule has 1 aliphatic heterocycles. The van der Waals surface area contributed by atoms with E-state index in [1.807, 2.05) is 6.07 Å². The van der Waals surface area contributed by atoms with Crippen molar-refractivity contribution in [3.63, 3.8) is 0 Å². The highest BCUT2D eigenvalue weighted by atomic mass is 79.9. The molecule has 1 aromatic carbocycles. The Morgan fingerprint density at radius 3 is 2.86 bits per heavy atom. The summed E-state index contributed by atoms with van der Waals surface area (Å²) in [5.41, 5.74) is 1.63. The number of pyridine rings is 1. The molecular formula is C15H13BrClNO3. The molecule has 6 heteroatoms. The van der Waals surface area contributed by atoms with E-state index in [1.165, 1.54) is 0 Å². The standard InChI is InChI=1S/C15H13BrClNO3/c16-11-3-9(7-18-8-11)4-13(19)10-5-12(17)15-14(6-10)20-1-2-21-15/h3,5-8,13,19H,1-2,4H2. The van der Waals surface area contributed by atoms with Crippen LogP contribution in [0.4, 0.5) is 0 Å². The van der Waals surface area contributed by atoms with Gasteiger partial charge in [0.15, 0.2) is 11.5 Å². The molecule has 1 atom stereocenters.